The second kappa shape index (κ2) is 4.94. The first-order valence-corrected chi connectivity index (χ1v) is 7.00. The Hall–Kier alpha value is -0.620. The van der Waals surface area contributed by atoms with E-state index >= 15 is 0 Å². The molecule has 0 aromatic heterocycles. The molecule has 0 aromatic rings. The molecule has 6 heteroatoms. The molecule has 1 aliphatic rings. The van der Waals surface area contributed by atoms with Gasteiger partial charge in [0.1, 0.15) is 5.75 Å². The number of hydrogen-bond donors (Lipinski definition) is 1. The van der Waals surface area contributed by atoms with E-state index in [4.69, 9.17) is 5.73 Å². The molecule has 1 fully saturated rings. The molecule has 1 atom stereocenters. The van der Waals surface area contributed by atoms with Crippen molar-refractivity contribution >= 4 is 15.7 Å². The Morgan fingerprint density at radius 2 is 2.20 bits per heavy atom. The zero-order valence-electron chi connectivity index (χ0n) is 8.98. The van der Waals surface area contributed by atoms with Gasteiger partial charge in [-0.1, -0.05) is 6.92 Å². The van der Waals surface area contributed by atoms with Gasteiger partial charge in [-0.05, 0) is 12.8 Å². The van der Waals surface area contributed by atoms with Crippen LogP contribution in [0.4, 0.5) is 0 Å². The molecular formula is C9H18N2O3S. The third-order valence-electron chi connectivity index (χ3n) is 2.44. The summed E-state index contributed by atoms with van der Waals surface area (Å²) in [4.78, 5) is 13.1. The van der Waals surface area contributed by atoms with Gasteiger partial charge >= 0.3 is 0 Å². The number of likely N-dealkylation sites (tertiary alicyclic amines) is 1. The minimum atomic E-state index is -3.22. The Labute approximate surface area is 90.5 Å². The number of nitrogens with zero attached hydrogens (tertiary/aromatic N) is 1. The Balaban J connectivity index is 2.49. The zero-order chi connectivity index (χ0) is 11.5. The van der Waals surface area contributed by atoms with Gasteiger partial charge in [-0.3, -0.25) is 4.79 Å². The standard InChI is InChI=1S/C9H18N2O3S/c1-2-5-15(13,14)7-9(12)11-4-3-8(10)6-11/h8H,2-7,10H2,1H3/t8-/m0/s1. The molecule has 2 N–H and O–H groups in total. The molecule has 0 bridgehead atoms. The number of carbonyl (C=O) groups is 1. The van der Waals surface area contributed by atoms with E-state index in [0.29, 0.717) is 19.5 Å². The first kappa shape index (κ1) is 12.4. The summed E-state index contributed by atoms with van der Waals surface area (Å²) >= 11 is 0. The fourth-order valence-corrected chi connectivity index (χ4v) is 3.00. The molecule has 0 radical (unpaired) electrons. The second-order valence-corrected chi connectivity index (χ2v) is 6.16. The van der Waals surface area contributed by atoms with Crippen molar-refractivity contribution in [1.82, 2.24) is 4.90 Å². The van der Waals surface area contributed by atoms with Crippen molar-refractivity contribution in [2.24, 2.45) is 5.73 Å². The smallest absolute Gasteiger partial charge is 0.237 e. The predicted molar refractivity (Wildman–Crippen MR) is 58.1 cm³/mol. The minimum absolute atomic E-state index is 0.00262. The number of amides is 1. The van der Waals surface area contributed by atoms with Gasteiger partial charge in [0, 0.05) is 19.1 Å². The maximum atomic E-state index is 11.6. The SMILES string of the molecule is CCCS(=O)(=O)CC(=O)N1CC[C@H](N)C1. The summed E-state index contributed by atoms with van der Waals surface area (Å²) in [6.45, 7) is 2.86. The number of sulfone groups is 1. The average Bonchev–Trinajstić information content (AvgIpc) is 2.50. The third-order valence-corrected chi connectivity index (χ3v) is 4.15. The van der Waals surface area contributed by atoms with Crippen LogP contribution in [0.25, 0.3) is 0 Å². The topological polar surface area (TPSA) is 80.5 Å². The van der Waals surface area contributed by atoms with E-state index in [-0.39, 0.29) is 23.5 Å². The molecule has 1 saturated heterocycles. The zero-order valence-corrected chi connectivity index (χ0v) is 9.79. The Morgan fingerprint density at radius 1 is 1.53 bits per heavy atom. The first-order chi connectivity index (χ1) is 6.94. The minimum Gasteiger partial charge on any atom is -0.340 e. The number of nitrogens with two attached hydrogens (primary N) is 1. The largest absolute Gasteiger partial charge is 0.340 e. The Kier molecular flexibility index (Phi) is 4.10. The molecule has 88 valence electrons. The van der Waals surface area contributed by atoms with Crippen LogP contribution in [0.5, 0.6) is 0 Å². The molecular weight excluding hydrogens is 216 g/mol. The summed E-state index contributed by atoms with van der Waals surface area (Å²) in [6.07, 6.45) is 1.31. The third kappa shape index (κ3) is 3.79. The number of rotatable bonds is 4. The van der Waals surface area contributed by atoms with Crippen LogP contribution in [0.3, 0.4) is 0 Å². The lowest BCUT2D eigenvalue weighted by atomic mass is 10.3. The highest BCUT2D eigenvalue weighted by molar-refractivity contribution is 7.92. The van der Waals surface area contributed by atoms with Crippen LogP contribution in [0.2, 0.25) is 0 Å². The van der Waals surface area contributed by atoms with E-state index in [1.807, 2.05) is 0 Å². The van der Waals surface area contributed by atoms with E-state index in [9.17, 15) is 13.2 Å². The van der Waals surface area contributed by atoms with Gasteiger partial charge in [0.2, 0.25) is 5.91 Å². The van der Waals surface area contributed by atoms with E-state index in [1.165, 1.54) is 4.90 Å². The quantitative estimate of drug-likeness (QED) is 0.702. The number of hydrogen-bond acceptors (Lipinski definition) is 4. The van der Waals surface area contributed by atoms with Crippen molar-refractivity contribution in [3.63, 3.8) is 0 Å². The van der Waals surface area contributed by atoms with Crippen molar-refractivity contribution < 1.29 is 13.2 Å². The highest BCUT2D eigenvalue weighted by atomic mass is 32.2. The van der Waals surface area contributed by atoms with E-state index in [0.717, 1.165) is 6.42 Å². The van der Waals surface area contributed by atoms with Crippen LogP contribution in [-0.2, 0) is 14.6 Å². The van der Waals surface area contributed by atoms with Gasteiger partial charge < -0.3 is 10.6 Å². The van der Waals surface area contributed by atoms with Crippen molar-refractivity contribution in [1.29, 1.82) is 0 Å². The van der Waals surface area contributed by atoms with Gasteiger partial charge in [0.25, 0.3) is 0 Å². The fourth-order valence-electron chi connectivity index (χ4n) is 1.68. The first-order valence-electron chi connectivity index (χ1n) is 5.18. The van der Waals surface area contributed by atoms with E-state index < -0.39 is 9.84 Å². The number of carbonyl (C=O) groups excluding carboxylic acids is 1. The van der Waals surface area contributed by atoms with Crippen molar-refractivity contribution in [2.45, 2.75) is 25.8 Å². The molecule has 1 aliphatic heterocycles. The molecule has 15 heavy (non-hydrogen) atoms. The maximum absolute atomic E-state index is 11.6. The van der Waals surface area contributed by atoms with Crippen LogP contribution in [0.1, 0.15) is 19.8 Å². The molecule has 1 heterocycles. The predicted octanol–water partition coefficient (Wildman–Crippen LogP) is -0.629. The Bertz CT molecular complexity index is 326. The van der Waals surface area contributed by atoms with Gasteiger partial charge in [-0.15, -0.1) is 0 Å². The lowest BCUT2D eigenvalue weighted by Crippen LogP contribution is -2.36. The molecule has 0 saturated carbocycles. The van der Waals surface area contributed by atoms with Gasteiger partial charge in [-0.2, -0.15) is 0 Å². The maximum Gasteiger partial charge on any atom is 0.237 e. The molecule has 1 rings (SSSR count). The average molecular weight is 234 g/mol. The second-order valence-electron chi connectivity index (χ2n) is 3.98. The Morgan fingerprint density at radius 3 is 2.67 bits per heavy atom. The van der Waals surface area contributed by atoms with Crippen molar-refractivity contribution in [2.75, 3.05) is 24.6 Å². The highest BCUT2D eigenvalue weighted by Gasteiger charge is 2.26. The van der Waals surface area contributed by atoms with Crippen LogP contribution in [-0.4, -0.2) is 49.9 Å². The summed E-state index contributed by atoms with van der Waals surface area (Å²) in [7, 11) is -3.22. The van der Waals surface area contributed by atoms with E-state index in [1.54, 1.807) is 6.92 Å². The monoisotopic (exact) mass is 234 g/mol. The van der Waals surface area contributed by atoms with Crippen LogP contribution < -0.4 is 5.73 Å². The molecule has 0 aliphatic carbocycles. The molecule has 0 spiro atoms. The molecule has 1 amide bonds. The summed E-state index contributed by atoms with van der Waals surface area (Å²) < 4.78 is 22.8. The fraction of sp³-hybridized carbons (Fsp3) is 0.889. The van der Waals surface area contributed by atoms with E-state index in [2.05, 4.69) is 0 Å². The van der Waals surface area contributed by atoms with Crippen molar-refractivity contribution in [3.8, 4) is 0 Å². The summed E-state index contributed by atoms with van der Waals surface area (Å²) in [5.74, 6) is -0.594. The summed E-state index contributed by atoms with van der Waals surface area (Å²) in [6, 6.07) is 0.00262. The molecule has 5 nitrogen and oxygen atoms in total. The van der Waals surface area contributed by atoms with Gasteiger partial charge in [-0.25, -0.2) is 8.42 Å². The van der Waals surface area contributed by atoms with Gasteiger partial charge in [0.15, 0.2) is 9.84 Å². The van der Waals surface area contributed by atoms with Crippen molar-refractivity contribution in [3.05, 3.63) is 0 Å². The lowest BCUT2D eigenvalue weighted by molar-refractivity contribution is -0.127. The van der Waals surface area contributed by atoms with Crippen LogP contribution >= 0.6 is 0 Å². The summed E-state index contributed by atoms with van der Waals surface area (Å²) in [5, 5.41) is 0. The lowest BCUT2D eigenvalue weighted by Gasteiger charge is -2.15. The normalized spacial score (nSPS) is 22.0. The molecule has 0 aromatic carbocycles. The summed E-state index contributed by atoms with van der Waals surface area (Å²) in [5.41, 5.74) is 5.64. The highest BCUT2D eigenvalue weighted by Crippen LogP contribution is 2.08. The van der Waals surface area contributed by atoms with Gasteiger partial charge in [0.05, 0.1) is 5.75 Å². The van der Waals surface area contributed by atoms with Crippen LogP contribution in [0, 0.1) is 0 Å². The molecule has 0 unspecified atom stereocenters. The van der Waals surface area contributed by atoms with Crippen LogP contribution in [0.15, 0.2) is 0 Å².